The summed E-state index contributed by atoms with van der Waals surface area (Å²) in [6.07, 6.45) is 0.179. The SMILES string of the molecule is COc1ccc(C(=O)Cc2ccccc2Cl)c(OC)c1Cl. The van der Waals surface area contributed by atoms with E-state index in [0.717, 1.165) is 5.56 Å². The van der Waals surface area contributed by atoms with E-state index in [-0.39, 0.29) is 17.2 Å². The number of carbonyl (C=O) groups is 1. The molecular weight excluding hydrogens is 311 g/mol. The lowest BCUT2D eigenvalue weighted by Crippen LogP contribution is -2.07. The molecule has 3 nitrogen and oxygen atoms in total. The molecule has 0 aliphatic rings. The van der Waals surface area contributed by atoms with Crippen molar-refractivity contribution >= 4 is 29.0 Å². The molecule has 0 heterocycles. The molecule has 0 atom stereocenters. The first-order valence-electron chi connectivity index (χ1n) is 6.25. The Kier molecular flexibility index (Phi) is 5.10. The van der Waals surface area contributed by atoms with Crippen LogP contribution in [0, 0.1) is 0 Å². The van der Waals surface area contributed by atoms with Crippen LogP contribution in [-0.2, 0) is 6.42 Å². The van der Waals surface area contributed by atoms with Crippen molar-refractivity contribution in [3.63, 3.8) is 0 Å². The molecule has 110 valence electrons. The van der Waals surface area contributed by atoms with Crippen molar-refractivity contribution < 1.29 is 14.3 Å². The second-order valence-corrected chi connectivity index (χ2v) is 5.14. The van der Waals surface area contributed by atoms with Crippen LogP contribution in [0.15, 0.2) is 36.4 Å². The van der Waals surface area contributed by atoms with E-state index in [1.54, 1.807) is 18.2 Å². The number of halogens is 2. The maximum Gasteiger partial charge on any atom is 0.171 e. The van der Waals surface area contributed by atoms with Crippen molar-refractivity contribution in [1.29, 1.82) is 0 Å². The van der Waals surface area contributed by atoms with Crippen molar-refractivity contribution in [2.75, 3.05) is 14.2 Å². The first kappa shape index (κ1) is 15.7. The fraction of sp³-hybridized carbons (Fsp3) is 0.188. The molecule has 0 saturated carbocycles. The van der Waals surface area contributed by atoms with Crippen LogP contribution in [0.4, 0.5) is 0 Å². The monoisotopic (exact) mass is 324 g/mol. The summed E-state index contributed by atoms with van der Waals surface area (Å²) in [6, 6.07) is 10.5. The molecule has 0 fully saturated rings. The Morgan fingerprint density at radius 3 is 2.38 bits per heavy atom. The van der Waals surface area contributed by atoms with Crippen LogP contribution in [0.25, 0.3) is 0 Å². The number of benzene rings is 2. The maximum atomic E-state index is 12.5. The van der Waals surface area contributed by atoms with E-state index in [4.69, 9.17) is 32.7 Å². The highest BCUT2D eigenvalue weighted by molar-refractivity contribution is 6.34. The highest BCUT2D eigenvalue weighted by atomic mass is 35.5. The van der Waals surface area contributed by atoms with Crippen LogP contribution in [0.5, 0.6) is 11.5 Å². The standard InChI is InChI=1S/C16H14Cl2O3/c1-20-14-8-7-11(16(21-2)15(14)18)13(19)9-10-5-3-4-6-12(10)17/h3-8H,9H2,1-2H3. The van der Waals surface area contributed by atoms with Crippen LogP contribution >= 0.6 is 23.2 Å². The van der Waals surface area contributed by atoms with E-state index in [1.165, 1.54) is 14.2 Å². The summed E-state index contributed by atoms with van der Waals surface area (Å²) in [4.78, 5) is 12.5. The minimum absolute atomic E-state index is 0.121. The summed E-state index contributed by atoms with van der Waals surface area (Å²) >= 11 is 12.2. The van der Waals surface area contributed by atoms with Crippen LogP contribution in [0.3, 0.4) is 0 Å². The van der Waals surface area contributed by atoms with E-state index in [1.807, 2.05) is 18.2 Å². The number of carbonyl (C=O) groups excluding carboxylic acids is 1. The van der Waals surface area contributed by atoms with Gasteiger partial charge in [-0.05, 0) is 23.8 Å². The van der Waals surface area contributed by atoms with Crippen molar-refractivity contribution in [3.8, 4) is 11.5 Å². The third-order valence-corrected chi connectivity index (χ3v) is 3.82. The van der Waals surface area contributed by atoms with E-state index in [9.17, 15) is 4.79 Å². The molecule has 0 radical (unpaired) electrons. The van der Waals surface area contributed by atoms with Gasteiger partial charge in [-0.25, -0.2) is 0 Å². The Morgan fingerprint density at radius 1 is 1.05 bits per heavy atom. The van der Waals surface area contributed by atoms with E-state index in [0.29, 0.717) is 22.1 Å². The predicted octanol–water partition coefficient (Wildman–Crippen LogP) is 4.44. The van der Waals surface area contributed by atoms with Gasteiger partial charge < -0.3 is 9.47 Å². The molecule has 2 rings (SSSR count). The summed E-state index contributed by atoms with van der Waals surface area (Å²) in [5.41, 5.74) is 1.17. The van der Waals surface area contributed by atoms with Crippen LogP contribution < -0.4 is 9.47 Å². The molecule has 0 saturated heterocycles. The van der Waals surface area contributed by atoms with Gasteiger partial charge in [-0.1, -0.05) is 41.4 Å². The zero-order chi connectivity index (χ0) is 15.4. The number of ketones is 1. The van der Waals surface area contributed by atoms with Crippen molar-refractivity contribution in [1.82, 2.24) is 0 Å². The summed E-state index contributed by atoms with van der Waals surface area (Å²) in [6.45, 7) is 0. The predicted molar refractivity (Wildman–Crippen MR) is 84.0 cm³/mol. The van der Waals surface area contributed by atoms with Crippen LogP contribution in [0.2, 0.25) is 10.0 Å². The quantitative estimate of drug-likeness (QED) is 0.763. The molecule has 0 bridgehead atoms. The molecular formula is C16H14Cl2O3. The summed E-state index contributed by atoms with van der Waals surface area (Å²) < 4.78 is 10.4. The molecule has 5 heteroatoms. The number of rotatable bonds is 5. The first-order chi connectivity index (χ1) is 10.1. The lowest BCUT2D eigenvalue weighted by atomic mass is 10.0. The van der Waals surface area contributed by atoms with Gasteiger partial charge in [-0.3, -0.25) is 4.79 Å². The maximum absolute atomic E-state index is 12.5. The molecule has 0 aromatic heterocycles. The zero-order valence-electron chi connectivity index (χ0n) is 11.7. The first-order valence-corrected chi connectivity index (χ1v) is 7.01. The Balaban J connectivity index is 2.36. The Labute approximate surface area is 133 Å². The molecule has 0 aliphatic heterocycles. The largest absolute Gasteiger partial charge is 0.495 e. The Morgan fingerprint density at radius 2 is 1.76 bits per heavy atom. The second kappa shape index (κ2) is 6.83. The molecule has 21 heavy (non-hydrogen) atoms. The number of Topliss-reactive ketones (excluding diaryl/α,β-unsaturated/α-hetero) is 1. The molecule has 0 spiro atoms. The number of ether oxygens (including phenoxy) is 2. The molecule has 0 unspecified atom stereocenters. The lowest BCUT2D eigenvalue weighted by Gasteiger charge is -2.12. The van der Waals surface area contributed by atoms with Crippen LogP contribution in [-0.4, -0.2) is 20.0 Å². The third kappa shape index (κ3) is 3.31. The van der Waals surface area contributed by atoms with Gasteiger partial charge in [0, 0.05) is 11.4 Å². The Hall–Kier alpha value is -1.71. The molecule has 0 amide bonds. The smallest absolute Gasteiger partial charge is 0.171 e. The zero-order valence-corrected chi connectivity index (χ0v) is 13.2. The van der Waals surface area contributed by atoms with E-state index < -0.39 is 0 Å². The fourth-order valence-electron chi connectivity index (χ4n) is 2.02. The van der Waals surface area contributed by atoms with Crippen molar-refractivity contribution in [3.05, 3.63) is 57.6 Å². The van der Waals surface area contributed by atoms with Gasteiger partial charge >= 0.3 is 0 Å². The Bertz CT molecular complexity index is 669. The molecule has 2 aromatic rings. The van der Waals surface area contributed by atoms with Gasteiger partial charge in [0.15, 0.2) is 11.5 Å². The normalized spacial score (nSPS) is 10.3. The van der Waals surface area contributed by atoms with Crippen molar-refractivity contribution in [2.24, 2.45) is 0 Å². The summed E-state index contributed by atoms with van der Waals surface area (Å²) in [5.74, 6) is 0.653. The number of hydrogen-bond acceptors (Lipinski definition) is 3. The molecule has 0 aliphatic carbocycles. The second-order valence-electron chi connectivity index (χ2n) is 4.35. The number of hydrogen-bond donors (Lipinski definition) is 0. The fourth-order valence-corrected chi connectivity index (χ4v) is 2.55. The average molecular weight is 325 g/mol. The third-order valence-electron chi connectivity index (χ3n) is 3.09. The topological polar surface area (TPSA) is 35.5 Å². The number of methoxy groups -OCH3 is 2. The van der Waals surface area contributed by atoms with Gasteiger partial charge in [0.2, 0.25) is 0 Å². The van der Waals surface area contributed by atoms with Gasteiger partial charge in [0.05, 0.1) is 19.8 Å². The van der Waals surface area contributed by atoms with E-state index >= 15 is 0 Å². The van der Waals surface area contributed by atoms with E-state index in [2.05, 4.69) is 0 Å². The highest BCUT2D eigenvalue weighted by Gasteiger charge is 2.19. The van der Waals surface area contributed by atoms with Crippen LogP contribution in [0.1, 0.15) is 15.9 Å². The summed E-state index contributed by atoms with van der Waals surface area (Å²) in [5, 5.41) is 0.842. The lowest BCUT2D eigenvalue weighted by molar-refractivity contribution is 0.0990. The van der Waals surface area contributed by atoms with Gasteiger partial charge in [0.25, 0.3) is 0 Å². The average Bonchev–Trinajstić information content (AvgIpc) is 2.49. The van der Waals surface area contributed by atoms with Gasteiger partial charge in [-0.15, -0.1) is 0 Å². The van der Waals surface area contributed by atoms with Gasteiger partial charge in [-0.2, -0.15) is 0 Å². The highest BCUT2D eigenvalue weighted by Crippen LogP contribution is 2.37. The molecule has 2 aromatic carbocycles. The minimum Gasteiger partial charge on any atom is -0.495 e. The summed E-state index contributed by atoms with van der Waals surface area (Å²) in [7, 11) is 2.97. The minimum atomic E-state index is -0.121. The molecule has 0 N–H and O–H groups in total. The van der Waals surface area contributed by atoms with Crippen molar-refractivity contribution in [2.45, 2.75) is 6.42 Å². The van der Waals surface area contributed by atoms with Gasteiger partial charge in [0.1, 0.15) is 10.8 Å².